The number of morpholine rings is 1. The van der Waals surface area contributed by atoms with Crippen LogP contribution in [0.4, 0.5) is 15.8 Å². The molecule has 0 amide bonds. The molecule has 1 fully saturated rings. The zero-order valence-corrected chi connectivity index (χ0v) is 22.1. The van der Waals surface area contributed by atoms with Crippen LogP contribution in [0, 0.1) is 5.82 Å². The Morgan fingerprint density at radius 2 is 1.90 bits per heavy atom. The summed E-state index contributed by atoms with van der Waals surface area (Å²) in [5.41, 5.74) is 6.40. The van der Waals surface area contributed by atoms with Crippen molar-refractivity contribution in [2.45, 2.75) is 6.54 Å². The maximum Gasteiger partial charge on any atom is 0.229 e. The van der Waals surface area contributed by atoms with E-state index in [-0.39, 0.29) is 5.82 Å². The molecule has 1 saturated heterocycles. The van der Waals surface area contributed by atoms with Crippen molar-refractivity contribution < 1.29 is 17.5 Å². The zero-order valence-electron chi connectivity index (χ0n) is 21.3. The van der Waals surface area contributed by atoms with Gasteiger partial charge < -0.3 is 14.6 Å². The van der Waals surface area contributed by atoms with Gasteiger partial charge in [0.15, 0.2) is 0 Å². The first-order valence-corrected chi connectivity index (χ1v) is 14.4. The van der Waals surface area contributed by atoms with Gasteiger partial charge in [0.1, 0.15) is 11.5 Å². The highest BCUT2D eigenvalue weighted by molar-refractivity contribution is 7.92. The van der Waals surface area contributed by atoms with Gasteiger partial charge in [0.2, 0.25) is 10.0 Å². The van der Waals surface area contributed by atoms with Crippen molar-refractivity contribution in [2.24, 2.45) is 0 Å². The number of pyridine rings is 1. The second-order valence-electron chi connectivity index (χ2n) is 9.58. The number of hydrogen-bond acceptors (Lipinski definition) is 6. The molecule has 1 aliphatic rings. The number of fused-ring (bicyclic) bond motifs is 1. The Morgan fingerprint density at radius 1 is 1.05 bits per heavy atom. The van der Waals surface area contributed by atoms with Crippen LogP contribution >= 0.6 is 0 Å². The fourth-order valence-corrected chi connectivity index (χ4v) is 5.45. The second-order valence-corrected chi connectivity index (χ2v) is 11.3. The van der Waals surface area contributed by atoms with E-state index in [2.05, 4.69) is 24.7 Å². The SMILES string of the molecule is CS(=O)(=O)Nc1cc(-c2cnc3[nH]cc(-c4cnn(Cc5cccc(F)c5)c4)c3c2)ccc1N1CCOCC1. The summed E-state index contributed by atoms with van der Waals surface area (Å²) in [5, 5.41) is 5.38. The number of H-pyrrole nitrogens is 1. The van der Waals surface area contributed by atoms with Gasteiger partial charge >= 0.3 is 0 Å². The minimum atomic E-state index is -3.49. The number of ether oxygens (including phenoxy) is 1. The molecule has 0 spiro atoms. The fraction of sp³-hybridized carbons (Fsp3) is 0.214. The van der Waals surface area contributed by atoms with Crippen molar-refractivity contribution in [1.82, 2.24) is 19.7 Å². The maximum atomic E-state index is 13.6. The maximum absolute atomic E-state index is 13.6. The monoisotopic (exact) mass is 546 g/mol. The van der Waals surface area contributed by atoms with E-state index < -0.39 is 10.0 Å². The third-order valence-electron chi connectivity index (χ3n) is 6.69. The Labute approximate surface area is 225 Å². The topological polar surface area (TPSA) is 105 Å². The van der Waals surface area contributed by atoms with Gasteiger partial charge in [0.25, 0.3) is 0 Å². The average Bonchev–Trinajstić information content (AvgIpc) is 3.54. The number of aromatic amines is 1. The summed E-state index contributed by atoms with van der Waals surface area (Å²) < 4.78 is 47.8. The highest BCUT2D eigenvalue weighted by Gasteiger charge is 2.18. The Morgan fingerprint density at radius 3 is 2.69 bits per heavy atom. The number of sulfonamides is 1. The molecule has 39 heavy (non-hydrogen) atoms. The largest absolute Gasteiger partial charge is 0.378 e. The lowest BCUT2D eigenvalue weighted by Crippen LogP contribution is -2.36. The Bertz CT molecular complexity index is 1760. The molecular formula is C28H27FN6O3S. The molecule has 2 aromatic carbocycles. The Hall–Kier alpha value is -4.22. The lowest BCUT2D eigenvalue weighted by molar-refractivity contribution is 0.123. The van der Waals surface area contributed by atoms with E-state index in [1.165, 1.54) is 12.1 Å². The average molecular weight is 547 g/mol. The Balaban J connectivity index is 1.34. The van der Waals surface area contributed by atoms with Gasteiger partial charge in [0, 0.05) is 53.8 Å². The standard InChI is InChI=1S/C28H27FN6O3S/c1-39(36,37)33-26-13-20(5-6-27(26)34-7-9-38-10-8-34)21-12-24-25(16-31-28(24)30-14-21)22-15-32-35(18-22)17-19-3-2-4-23(29)11-19/h2-6,11-16,18,33H,7-10,17H2,1H3,(H,30,31). The van der Waals surface area contributed by atoms with Crippen LogP contribution in [0.3, 0.4) is 0 Å². The van der Waals surface area contributed by atoms with Crippen LogP contribution in [0.15, 0.2) is 73.3 Å². The molecule has 0 bridgehead atoms. The van der Waals surface area contributed by atoms with Crippen LogP contribution in [0.1, 0.15) is 5.56 Å². The van der Waals surface area contributed by atoms with Crippen molar-refractivity contribution in [3.8, 4) is 22.3 Å². The van der Waals surface area contributed by atoms with E-state index >= 15 is 0 Å². The van der Waals surface area contributed by atoms with Gasteiger partial charge in [-0.15, -0.1) is 0 Å². The number of hydrogen-bond donors (Lipinski definition) is 2. The molecule has 6 rings (SSSR count). The van der Waals surface area contributed by atoms with E-state index in [1.54, 1.807) is 23.1 Å². The molecule has 0 unspecified atom stereocenters. The molecule has 9 nitrogen and oxygen atoms in total. The van der Waals surface area contributed by atoms with Crippen molar-refractivity contribution in [3.63, 3.8) is 0 Å². The van der Waals surface area contributed by atoms with Crippen LogP contribution in [0.5, 0.6) is 0 Å². The number of rotatable bonds is 7. The summed E-state index contributed by atoms with van der Waals surface area (Å²) in [4.78, 5) is 9.95. The minimum Gasteiger partial charge on any atom is -0.378 e. The summed E-state index contributed by atoms with van der Waals surface area (Å²) >= 11 is 0. The fourth-order valence-electron chi connectivity index (χ4n) is 4.89. The molecule has 0 radical (unpaired) electrons. The van der Waals surface area contributed by atoms with Crippen LogP contribution < -0.4 is 9.62 Å². The highest BCUT2D eigenvalue weighted by atomic mass is 32.2. The predicted octanol–water partition coefficient (Wildman–Crippen LogP) is 4.49. The number of anilines is 2. The molecule has 4 heterocycles. The zero-order chi connectivity index (χ0) is 27.0. The van der Waals surface area contributed by atoms with Crippen LogP contribution in [-0.2, 0) is 21.3 Å². The first-order chi connectivity index (χ1) is 18.8. The van der Waals surface area contributed by atoms with Gasteiger partial charge in [-0.3, -0.25) is 9.40 Å². The Kier molecular flexibility index (Phi) is 6.53. The van der Waals surface area contributed by atoms with Crippen LogP contribution in [-0.4, -0.2) is 60.7 Å². The number of aromatic nitrogens is 4. The highest BCUT2D eigenvalue weighted by Crippen LogP contribution is 2.35. The van der Waals surface area contributed by atoms with Gasteiger partial charge in [-0.2, -0.15) is 5.10 Å². The van der Waals surface area contributed by atoms with E-state index in [4.69, 9.17) is 4.74 Å². The van der Waals surface area contributed by atoms with E-state index in [0.717, 1.165) is 50.8 Å². The van der Waals surface area contributed by atoms with Gasteiger partial charge in [-0.1, -0.05) is 18.2 Å². The number of benzene rings is 2. The summed E-state index contributed by atoms with van der Waals surface area (Å²) in [5.74, 6) is -0.275. The number of halogens is 1. The number of nitrogens with zero attached hydrogens (tertiary/aromatic N) is 4. The molecular weight excluding hydrogens is 519 g/mol. The summed E-state index contributed by atoms with van der Waals surface area (Å²) in [6.07, 6.45) is 8.51. The molecule has 1 aliphatic heterocycles. The predicted molar refractivity (Wildman–Crippen MR) is 150 cm³/mol. The van der Waals surface area contributed by atoms with Crippen molar-refractivity contribution in [1.29, 1.82) is 0 Å². The van der Waals surface area contributed by atoms with Crippen molar-refractivity contribution in [2.75, 3.05) is 42.2 Å². The molecule has 5 aromatic rings. The first-order valence-electron chi connectivity index (χ1n) is 12.5. The second kappa shape index (κ2) is 10.2. The lowest BCUT2D eigenvalue weighted by atomic mass is 10.0. The summed E-state index contributed by atoms with van der Waals surface area (Å²) in [6, 6.07) is 14.3. The number of nitrogens with one attached hydrogen (secondary N) is 2. The quantitative estimate of drug-likeness (QED) is 0.312. The molecule has 2 N–H and O–H groups in total. The summed E-state index contributed by atoms with van der Waals surface area (Å²) in [6.45, 7) is 3.01. The molecule has 0 saturated carbocycles. The van der Waals surface area contributed by atoms with Crippen molar-refractivity contribution >= 4 is 32.4 Å². The molecule has 0 atom stereocenters. The van der Waals surface area contributed by atoms with Crippen molar-refractivity contribution in [3.05, 3.63) is 84.7 Å². The molecule has 200 valence electrons. The van der Waals surface area contributed by atoms with E-state index in [9.17, 15) is 12.8 Å². The van der Waals surface area contributed by atoms with Crippen LogP contribution in [0.25, 0.3) is 33.3 Å². The lowest BCUT2D eigenvalue weighted by Gasteiger charge is -2.30. The normalized spacial score (nSPS) is 14.2. The summed E-state index contributed by atoms with van der Waals surface area (Å²) in [7, 11) is -3.49. The first kappa shape index (κ1) is 25.1. The van der Waals surface area contributed by atoms with Crippen LogP contribution in [0.2, 0.25) is 0 Å². The third kappa shape index (κ3) is 5.50. The van der Waals surface area contributed by atoms with Gasteiger partial charge in [0.05, 0.1) is 43.6 Å². The van der Waals surface area contributed by atoms with E-state index in [1.807, 2.05) is 42.7 Å². The van der Waals surface area contributed by atoms with Gasteiger partial charge in [-0.05, 0) is 41.5 Å². The third-order valence-corrected chi connectivity index (χ3v) is 7.28. The molecule has 3 aromatic heterocycles. The minimum absolute atomic E-state index is 0.275. The van der Waals surface area contributed by atoms with E-state index in [0.29, 0.717) is 38.5 Å². The smallest absolute Gasteiger partial charge is 0.229 e. The molecule has 11 heteroatoms. The van der Waals surface area contributed by atoms with Gasteiger partial charge in [-0.25, -0.2) is 17.8 Å². The molecule has 0 aliphatic carbocycles.